The largest absolute Gasteiger partial charge is 0.368 e. The average Bonchev–Trinajstić information content (AvgIpc) is 2.85. The van der Waals surface area contributed by atoms with Gasteiger partial charge in [0.15, 0.2) is 0 Å². The number of aromatic amines is 1. The molecular formula is C13H13BrN4O2. The highest BCUT2D eigenvalue weighted by molar-refractivity contribution is 9.10. The number of nitrogens with zero attached hydrogens (tertiary/aromatic N) is 1. The first-order chi connectivity index (χ1) is 9.58. The molecular weight excluding hydrogens is 324 g/mol. The van der Waals surface area contributed by atoms with Crippen LogP contribution in [0.2, 0.25) is 0 Å². The average molecular weight is 337 g/mol. The minimum atomic E-state index is -0.778. The summed E-state index contributed by atoms with van der Waals surface area (Å²) < 4.78 is 0.526. The first kappa shape index (κ1) is 14.3. The Balaban J connectivity index is 2.09. The molecule has 0 fully saturated rings. The Hall–Kier alpha value is -2.15. The van der Waals surface area contributed by atoms with Gasteiger partial charge in [-0.3, -0.25) is 14.7 Å². The van der Waals surface area contributed by atoms with Gasteiger partial charge < -0.3 is 11.1 Å². The lowest BCUT2D eigenvalue weighted by atomic mass is 10.1. The van der Waals surface area contributed by atoms with Crippen molar-refractivity contribution in [3.63, 3.8) is 0 Å². The number of rotatable bonds is 5. The molecule has 1 aromatic heterocycles. The normalized spacial score (nSPS) is 11.8. The topological polar surface area (TPSA) is 101 Å². The molecule has 0 saturated carbocycles. The summed E-state index contributed by atoms with van der Waals surface area (Å²) in [5, 5.41) is 8.88. The number of H-pyrrole nitrogens is 1. The van der Waals surface area contributed by atoms with E-state index >= 15 is 0 Å². The number of carbonyl (C=O) groups excluding carboxylic acids is 2. The number of halogens is 1. The predicted octanol–water partition coefficient (Wildman–Crippen LogP) is 0.999. The van der Waals surface area contributed by atoms with Crippen LogP contribution in [-0.2, 0) is 11.2 Å². The summed E-state index contributed by atoms with van der Waals surface area (Å²) in [4.78, 5) is 23.5. The summed E-state index contributed by atoms with van der Waals surface area (Å²) in [7, 11) is 0. The van der Waals surface area contributed by atoms with Crippen molar-refractivity contribution in [2.75, 3.05) is 0 Å². The summed E-state index contributed by atoms with van der Waals surface area (Å²) in [6.07, 6.45) is 1.80. The molecule has 0 bridgehead atoms. The molecule has 4 N–H and O–H groups in total. The van der Waals surface area contributed by atoms with Crippen molar-refractivity contribution in [2.45, 2.75) is 12.5 Å². The Labute approximate surface area is 123 Å². The molecule has 1 heterocycles. The lowest BCUT2D eigenvalue weighted by Gasteiger charge is -2.15. The van der Waals surface area contributed by atoms with Crippen LogP contribution < -0.4 is 11.1 Å². The molecule has 104 valence electrons. The Morgan fingerprint density at radius 1 is 1.35 bits per heavy atom. The van der Waals surface area contributed by atoms with Gasteiger partial charge in [-0.05, 0) is 21.5 Å². The summed E-state index contributed by atoms with van der Waals surface area (Å²) in [6.45, 7) is 0. The molecule has 6 nitrogen and oxygen atoms in total. The van der Waals surface area contributed by atoms with Gasteiger partial charge in [0.2, 0.25) is 5.91 Å². The van der Waals surface area contributed by atoms with E-state index in [0.29, 0.717) is 10.9 Å². The maximum atomic E-state index is 12.0. The molecule has 2 rings (SSSR count). The molecule has 0 aliphatic heterocycles. The summed E-state index contributed by atoms with van der Waals surface area (Å²) in [6, 6.07) is 8.56. The van der Waals surface area contributed by atoms with Crippen molar-refractivity contribution in [1.82, 2.24) is 15.5 Å². The van der Waals surface area contributed by atoms with Crippen molar-refractivity contribution in [3.8, 4) is 0 Å². The van der Waals surface area contributed by atoms with Crippen LogP contribution in [0, 0.1) is 0 Å². The zero-order valence-corrected chi connectivity index (χ0v) is 12.1. The van der Waals surface area contributed by atoms with Gasteiger partial charge in [0, 0.05) is 6.42 Å². The van der Waals surface area contributed by atoms with Crippen LogP contribution in [0.4, 0.5) is 0 Å². The van der Waals surface area contributed by atoms with Crippen LogP contribution >= 0.6 is 15.9 Å². The number of aromatic nitrogens is 2. The summed E-state index contributed by atoms with van der Waals surface area (Å²) in [5.41, 5.74) is 6.50. The van der Waals surface area contributed by atoms with Crippen molar-refractivity contribution in [3.05, 3.63) is 52.3 Å². The van der Waals surface area contributed by atoms with Crippen molar-refractivity contribution < 1.29 is 9.59 Å². The Morgan fingerprint density at radius 2 is 2.05 bits per heavy atom. The highest BCUT2D eigenvalue weighted by Crippen LogP contribution is 2.13. The maximum absolute atomic E-state index is 12.0. The molecule has 1 unspecified atom stereocenters. The fraction of sp³-hybridized carbons (Fsp3) is 0.154. The van der Waals surface area contributed by atoms with Gasteiger partial charge in [-0.1, -0.05) is 30.3 Å². The van der Waals surface area contributed by atoms with Gasteiger partial charge in [0.25, 0.3) is 5.91 Å². The third kappa shape index (κ3) is 3.45. The highest BCUT2D eigenvalue weighted by Gasteiger charge is 2.21. The van der Waals surface area contributed by atoms with Gasteiger partial charge >= 0.3 is 0 Å². The van der Waals surface area contributed by atoms with Crippen LogP contribution in [0.15, 0.2) is 41.0 Å². The standard InChI is InChI=1S/C13H13BrN4O2/c14-9-7-16-18-11(9)13(20)17-10(12(15)19)6-8-4-2-1-3-5-8/h1-5,7,10H,6H2,(H2,15,19)(H,16,18)(H,17,20). The van der Waals surface area contributed by atoms with E-state index in [9.17, 15) is 9.59 Å². The van der Waals surface area contributed by atoms with E-state index in [-0.39, 0.29) is 5.69 Å². The predicted molar refractivity (Wildman–Crippen MR) is 76.9 cm³/mol. The molecule has 1 atom stereocenters. The lowest BCUT2D eigenvalue weighted by molar-refractivity contribution is -0.119. The zero-order chi connectivity index (χ0) is 14.5. The molecule has 0 aliphatic rings. The molecule has 0 spiro atoms. The van der Waals surface area contributed by atoms with Crippen LogP contribution in [0.5, 0.6) is 0 Å². The molecule has 0 radical (unpaired) electrons. The smallest absolute Gasteiger partial charge is 0.271 e. The van der Waals surface area contributed by atoms with Gasteiger partial charge in [-0.2, -0.15) is 5.10 Å². The van der Waals surface area contributed by atoms with Gasteiger partial charge in [-0.25, -0.2) is 0 Å². The number of primary amides is 1. The summed E-state index contributed by atoms with van der Waals surface area (Å²) >= 11 is 3.19. The first-order valence-corrected chi connectivity index (χ1v) is 6.70. The number of carbonyl (C=O) groups is 2. The fourth-order valence-corrected chi connectivity index (χ4v) is 2.10. The van der Waals surface area contributed by atoms with E-state index in [0.717, 1.165) is 5.56 Å². The molecule has 0 saturated heterocycles. The van der Waals surface area contributed by atoms with Gasteiger partial charge in [0.1, 0.15) is 11.7 Å². The van der Waals surface area contributed by atoms with Crippen LogP contribution in [0.1, 0.15) is 16.1 Å². The molecule has 2 amide bonds. The highest BCUT2D eigenvalue weighted by atomic mass is 79.9. The number of amides is 2. The van der Waals surface area contributed by atoms with Crippen LogP contribution in [0.3, 0.4) is 0 Å². The minimum Gasteiger partial charge on any atom is -0.368 e. The molecule has 20 heavy (non-hydrogen) atoms. The summed E-state index contributed by atoms with van der Waals surface area (Å²) in [5.74, 6) is -1.02. The van der Waals surface area contributed by atoms with Gasteiger partial charge in [0.05, 0.1) is 10.7 Å². The second-order valence-electron chi connectivity index (χ2n) is 4.21. The third-order valence-corrected chi connectivity index (χ3v) is 3.35. The Kier molecular flexibility index (Phi) is 4.52. The Morgan fingerprint density at radius 3 is 2.60 bits per heavy atom. The van der Waals surface area contributed by atoms with Gasteiger partial charge in [-0.15, -0.1) is 0 Å². The Bertz CT molecular complexity index is 612. The second kappa shape index (κ2) is 6.33. The molecule has 7 heteroatoms. The van der Waals surface area contributed by atoms with Crippen molar-refractivity contribution in [2.24, 2.45) is 5.73 Å². The molecule has 0 aliphatic carbocycles. The zero-order valence-electron chi connectivity index (χ0n) is 10.5. The molecule has 1 aromatic carbocycles. The van der Waals surface area contributed by atoms with E-state index in [1.165, 1.54) is 6.20 Å². The minimum absolute atomic E-state index is 0.254. The monoisotopic (exact) mass is 336 g/mol. The third-order valence-electron chi connectivity index (χ3n) is 2.75. The number of benzene rings is 1. The number of hydrogen-bond donors (Lipinski definition) is 3. The van der Waals surface area contributed by atoms with E-state index in [1.807, 2.05) is 30.3 Å². The molecule has 2 aromatic rings. The second-order valence-corrected chi connectivity index (χ2v) is 5.07. The number of nitrogens with one attached hydrogen (secondary N) is 2. The lowest BCUT2D eigenvalue weighted by Crippen LogP contribution is -2.46. The van der Waals surface area contributed by atoms with Crippen LogP contribution in [-0.4, -0.2) is 28.1 Å². The SMILES string of the molecule is NC(=O)C(Cc1ccccc1)NC(=O)c1[nH]ncc1Br. The first-order valence-electron chi connectivity index (χ1n) is 5.91. The van der Waals surface area contributed by atoms with Crippen LogP contribution in [0.25, 0.3) is 0 Å². The van der Waals surface area contributed by atoms with Crippen molar-refractivity contribution in [1.29, 1.82) is 0 Å². The van der Waals surface area contributed by atoms with E-state index in [4.69, 9.17) is 5.73 Å². The quantitative estimate of drug-likeness (QED) is 0.759. The van der Waals surface area contributed by atoms with E-state index in [2.05, 4.69) is 31.4 Å². The van der Waals surface area contributed by atoms with E-state index < -0.39 is 17.9 Å². The number of hydrogen-bond acceptors (Lipinski definition) is 3. The number of nitrogens with two attached hydrogens (primary N) is 1. The van der Waals surface area contributed by atoms with E-state index in [1.54, 1.807) is 0 Å². The van der Waals surface area contributed by atoms with Crippen molar-refractivity contribution >= 4 is 27.7 Å². The fourth-order valence-electron chi connectivity index (χ4n) is 1.73. The maximum Gasteiger partial charge on any atom is 0.271 e.